The number of aromatic carboxylic acids is 1. The second-order valence-corrected chi connectivity index (χ2v) is 4.49. The van der Waals surface area contributed by atoms with Gasteiger partial charge in [0.2, 0.25) is 11.6 Å². The van der Waals surface area contributed by atoms with Gasteiger partial charge in [0.05, 0.1) is 12.8 Å². The van der Waals surface area contributed by atoms with Gasteiger partial charge in [-0.25, -0.2) is 18.3 Å². The van der Waals surface area contributed by atoms with Gasteiger partial charge in [0, 0.05) is 0 Å². The molecule has 0 bridgehead atoms. The van der Waals surface area contributed by atoms with Gasteiger partial charge in [0.15, 0.2) is 23.1 Å². The zero-order chi connectivity index (χ0) is 19.1. The van der Waals surface area contributed by atoms with Crippen molar-refractivity contribution in [3.05, 3.63) is 40.7 Å². The predicted molar refractivity (Wildman–Crippen MR) is 66.5 cm³/mol. The molecule has 0 radical (unpaired) electrons. The molecule has 0 atom stereocenters. The van der Waals surface area contributed by atoms with Crippen LogP contribution in [0, 0.1) is 23.3 Å². The van der Waals surface area contributed by atoms with E-state index in [0.717, 1.165) is 0 Å². The molecule has 0 aliphatic heterocycles. The van der Waals surface area contributed by atoms with Gasteiger partial charge in [-0.1, -0.05) is 0 Å². The minimum atomic E-state index is -5.44. The van der Waals surface area contributed by atoms with Crippen LogP contribution in [0.5, 0.6) is 5.75 Å². The minimum absolute atomic E-state index is 0.149. The molecule has 0 saturated carbocycles. The van der Waals surface area contributed by atoms with Crippen molar-refractivity contribution in [1.82, 2.24) is 9.78 Å². The van der Waals surface area contributed by atoms with Gasteiger partial charge >= 0.3 is 12.1 Å². The van der Waals surface area contributed by atoms with Crippen molar-refractivity contribution in [2.45, 2.75) is 13.1 Å². The Hall–Kier alpha value is -2.79. The first-order chi connectivity index (χ1) is 11.5. The van der Waals surface area contributed by atoms with Crippen LogP contribution in [0.2, 0.25) is 0 Å². The highest BCUT2D eigenvalue weighted by molar-refractivity contribution is 5.89. The van der Waals surface area contributed by atoms with Crippen molar-refractivity contribution in [2.75, 3.05) is 6.61 Å². The summed E-state index contributed by atoms with van der Waals surface area (Å²) in [4.78, 5) is 10.8. The molecule has 2 rings (SSSR count). The number of ether oxygens (including phenoxy) is 1. The van der Waals surface area contributed by atoms with E-state index in [0.29, 0.717) is 0 Å². The first kappa shape index (κ1) is 18.5. The lowest BCUT2D eigenvalue weighted by Crippen LogP contribution is -2.20. The Morgan fingerprint density at radius 1 is 1.16 bits per heavy atom. The number of hydrogen-bond donors (Lipinski definition) is 1. The summed E-state index contributed by atoms with van der Waals surface area (Å²) in [6.07, 6.45) is -5.29. The van der Waals surface area contributed by atoms with Gasteiger partial charge < -0.3 is 9.84 Å². The van der Waals surface area contributed by atoms with Crippen LogP contribution in [0.15, 0.2) is 6.20 Å². The Labute approximate surface area is 134 Å². The van der Waals surface area contributed by atoms with E-state index >= 15 is 0 Å². The Morgan fingerprint density at radius 3 is 2.08 bits per heavy atom. The van der Waals surface area contributed by atoms with Gasteiger partial charge in [-0.15, -0.1) is 0 Å². The maximum atomic E-state index is 14.1. The van der Waals surface area contributed by atoms with E-state index in [4.69, 9.17) is 5.11 Å². The standard InChI is InChI=1S/C13H7F7N2O3/c1-2-25-10-7(16)5(14)9(6(15)8(10)17)22-11(13(18,19)20)4(3-21-22)12(23)24/h3H,2H2,1H3,(H,23,24). The lowest BCUT2D eigenvalue weighted by molar-refractivity contribution is -0.143. The average Bonchev–Trinajstić information content (AvgIpc) is 2.95. The number of nitrogens with zero attached hydrogens (tertiary/aromatic N) is 2. The summed E-state index contributed by atoms with van der Waals surface area (Å²) in [6.45, 7) is 0.863. The highest BCUT2D eigenvalue weighted by Gasteiger charge is 2.42. The van der Waals surface area contributed by atoms with Crippen LogP contribution in [0.4, 0.5) is 30.7 Å². The van der Waals surface area contributed by atoms with Gasteiger partial charge in [0.25, 0.3) is 0 Å². The van der Waals surface area contributed by atoms with Gasteiger partial charge in [0.1, 0.15) is 11.3 Å². The molecule has 0 unspecified atom stereocenters. The highest BCUT2D eigenvalue weighted by atomic mass is 19.4. The number of alkyl halides is 3. The smallest absolute Gasteiger partial charge is 0.434 e. The Kier molecular flexibility index (Phi) is 4.64. The second-order valence-electron chi connectivity index (χ2n) is 4.49. The van der Waals surface area contributed by atoms with Crippen molar-refractivity contribution in [3.63, 3.8) is 0 Å². The summed E-state index contributed by atoms with van der Waals surface area (Å²) in [5, 5.41) is 11.7. The number of carboxylic acid groups (broad SMARTS) is 1. The van der Waals surface area contributed by atoms with Crippen molar-refractivity contribution >= 4 is 5.97 Å². The van der Waals surface area contributed by atoms with E-state index in [-0.39, 0.29) is 12.8 Å². The molecule has 1 aromatic heterocycles. The number of hydrogen-bond acceptors (Lipinski definition) is 3. The second kappa shape index (κ2) is 6.26. The van der Waals surface area contributed by atoms with Crippen LogP contribution in [0.25, 0.3) is 5.69 Å². The maximum absolute atomic E-state index is 14.1. The molecular weight excluding hydrogens is 365 g/mol. The van der Waals surface area contributed by atoms with Crippen LogP contribution in [-0.4, -0.2) is 27.5 Å². The van der Waals surface area contributed by atoms with Crippen LogP contribution in [0.3, 0.4) is 0 Å². The zero-order valence-corrected chi connectivity index (χ0v) is 12.1. The number of halogens is 7. The molecule has 1 heterocycles. The summed E-state index contributed by atoms with van der Waals surface area (Å²) in [5.74, 6) is -12.2. The van der Waals surface area contributed by atoms with E-state index in [1.165, 1.54) is 6.92 Å². The van der Waals surface area contributed by atoms with E-state index in [1.54, 1.807) is 0 Å². The summed E-state index contributed by atoms with van der Waals surface area (Å²) < 4.78 is 98.8. The number of aromatic nitrogens is 2. The molecule has 0 aliphatic carbocycles. The predicted octanol–water partition coefficient (Wildman–Crippen LogP) is 3.54. The molecular formula is C13H7F7N2O3. The Bertz CT molecular complexity index is 816. The van der Waals surface area contributed by atoms with Crippen molar-refractivity contribution in [2.24, 2.45) is 0 Å². The van der Waals surface area contributed by atoms with Crippen molar-refractivity contribution < 1.29 is 45.4 Å². The number of carboxylic acids is 1. The first-order valence-corrected chi connectivity index (χ1v) is 6.39. The maximum Gasteiger partial charge on any atom is 0.434 e. The summed E-state index contributed by atoms with van der Waals surface area (Å²) in [5.41, 5.74) is -5.43. The monoisotopic (exact) mass is 372 g/mol. The molecule has 12 heteroatoms. The van der Waals surface area contributed by atoms with Crippen LogP contribution in [-0.2, 0) is 6.18 Å². The fourth-order valence-corrected chi connectivity index (χ4v) is 2.00. The number of rotatable bonds is 4. The molecule has 0 fully saturated rings. The number of carbonyl (C=O) groups is 1. The summed E-state index contributed by atoms with van der Waals surface area (Å²) >= 11 is 0. The van der Waals surface area contributed by atoms with E-state index in [1.807, 2.05) is 0 Å². The molecule has 5 nitrogen and oxygen atoms in total. The van der Waals surface area contributed by atoms with Crippen LogP contribution < -0.4 is 4.74 Å². The van der Waals surface area contributed by atoms with Gasteiger partial charge in [-0.05, 0) is 6.92 Å². The fraction of sp³-hybridized carbons (Fsp3) is 0.231. The molecule has 0 amide bonds. The normalized spacial score (nSPS) is 11.7. The first-order valence-electron chi connectivity index (χ1n) is 6.39. The van der Waals surface area contributed by atoms with E-state index < -0.39 is 62.8 Å². The molecule has 25 heavy (non-hydrogen) atoms. The minimum Gasteiger partial charge on any atom is -0.488 e. The lowest BCUT2D eigenvalue weighted by atomic mass is 10.2. The summed E-state index contributed by atoms with van der Waals surface area (Å²) in [6, 6.07) is 0. The third kappa shape index (κ3) is 2.98. The number of benzene rings is 1. The van der Waals surface area contributed by atoms with Crippen molar-refractivity contribution in [1.29, 1.82) is 0 Å². The summed E-state index contributed by atoms with van der Waals surface area (Å²) in [7, 11) is 0. The third-order valence-electron chi connectivity index (χ3n) is 2.97. The lowest BCUT2D eigenvalue weighted by Gasteiger charge is -2.15. The topological polar surface area (TPSA) is 64.4 Å². The molecule has 0 aliphatic rings. The molecule has 2 aromatic rings. The SMILES string of the molecule is CCOc1c(F)c(F)c(-n2ncc(C(=O)O)c2C(F)(F)F)c(F)c1F. The van der Waals surface area contributed by atoms with Crippen LogP contribution in [0.1, 0.15) is 23.0 Å². The average molecular weight is 372 g/mol. The molecule has 136 valence electrons. The van der Waals surface area contributed by atoms with E-state index in [9.17, 15) is 35.5 Å². The van der Waals surface area contributed by atoms with Crippen molar-refractivity contribution in [3.8, 4) is 11.4 Å². The molecule has 0 saturated heterocycles. The van der Waals surface area contributed by atoms with E-state index in [2.05, 4.69) is 9.84 Å². The Morgan fingerprint density at radius 2 is 1.68 bits per heavy atom. The molecule has 0 spiro atoms. The van der Waals surface area contributed by atoms with Gasteiger partial charge in [-0.3, -0.25) is 0 Å². The molecule has 1 aromatic carbocycles. The van der Waals surface area contributed by atoms with Gasteiger partial charge in [-0.2, -0.15) is 27.1 Å². The highest BCUT2D eigenvalue weighted by Crippen LogP contribution is 2.37. The zero-order valence-electron chi connectivity index (χ0n) is 12.1. The third-order valence-corrected chi connectivity index (χ3v) is 2.97. The van der Waals surface area contributed by atoms with Crippen LogP contribution >= 0.6 is 0 Å². The quantitative estimate of drug-likeness (QED) is 0.659. The molecule has 1 N–H and O–H groups in total. The Balaban J connectivity index is 2.87. The largest absolute Gasteiger partial charge is 0.488 e. The fourth-order valence-electron chi connectivity index (χ4n) is 2.00.